The molecule has 0 spiro atoms. The van der Waals surface area contributed by atoms with Gasteiger partial charge in [-0.3, -0.25) is 0 Å². The van der Waals surface area contributed by atoms with E-state index in [0.29, 0.717) is 6.54 Å². The number of aryl methyl sites for hydroxylation is 1. The summed E-state index contributed by atoms with van der Waals surface area (Å²) in [5, 5.41) is 2.09. The van der Waals surface area contributed by atoms with Gasteiger partial charge in [-0.15, -0.1) is 11.3 Å². The summed E-state index contributed by atoms with van der Waals surface area (Å²) in [6.07, 6.45) is 0. The van der Waals surface area contributed by atoms with Gasteiger partial charge in [-0.05, 0) is 23.9 Å². The topological polar surface area (TPSA) is 52.0 Å². The Hall–Kier alpha value is -0.380. The lowest BCUT2D eigenvalue weighted by molar-refractivity contribution is 0.751. The van der Waals surface area contributed by atoms with Gasteiger partial charge in [-0.2, -0.15) is 0 Å². The number of hydrogen-bond donors (Lipinski definition) is 2. The SMILES string of the molecule is Cc1csc([C@H](N)CN)c1. The molecular weight excluding hydrogens is 144 g/mol. The van der Waals surface area contributed by atoms with Crippen LogP contribution >= 0.6 is 11.3 Å². The van der Waals surface area contributed by atoms with Crippen LogP contribution in [0, 0.1) is 6.92 Å². The highest BCUT2D eigenvalue weighted by atomic mass is 32.1. The summed E-state index contributed by atoms with van der Waals surface area (Å²) in [6.45, 7) is 2.59. The van der Waals surface area contributed by atoms with Gasteiger partial charge in [0.15, 0.2) is 0 Å². The third-order valence-electron chi connectivity index (χ3n) is 1.37. The molecule has 1 aromatic rings. The summed E-state index contributed by atoms with van der Waals surface area (Å²) in [7, 11) is 0. The summed E-state index contributed by atoms with van der Waals surface area (Å²) in [4.78, 5) is 1.18. The normalized spacial score (nSPS) is 13.5. The van der Waals surface area contributed by atoms with Crippen LogP contribution in [0.25, 0.3) is 0 Å². The Labute approximate surface area is 64.8 Å². The second-order valence-corrected chi connectivity index (χ2v) is 3.31. The molecule has 0 aliphatic heterocycles. The molecule has 0 fully saturated rings. The van der Waals surface area contributed by atoms with Crippen molar-refractivity contribution in [3.05, 3.63) is 21.9 Å². The van der Waals surface area contributed by atoms with E-state index in [0.717, 1.165) is 0 Å². The number of hydrogen-bond acceptors (Lipinski definition) is 3. The van der Waals surface area contributed by atoms with Gasteiger partial charge in [0.2, 0.25) is 0 Å². The predicted molar refractivity (Wildman–Crippen MR) is 45.0 cm³/mol. The van der Waals surface area contributed by atoms with Gasteiger partial charge in [0.05, 0.1) is 6.04 Å². The zero-order valence-corrected chi connectivity index (χ0v) is 6.82. The van der Waals surface area contributed by atoms with Gasteiger partial charge in [0.1, 0.15) is 0 Å². The number of rotatable bonds is 2. The van der Waals surface area contributed by atoms with Crippen LogP contribution in [0.2, 0.25) is 0 Å². The molecule has 0 bridgehead atoms. The molecule has 0 aromatic carbocycles. The Bertz CT molecular complexity index is 207. The third-order valence-corrected chi connectivity index (χ3v) is 2.55. The van der Waals surface area contributed by atoms with Crippen LogP contribution in [0.15, 0.2) is 11.4 Å². The van der Waals surface area contributed by atoms with Crippen molar-refractivity contribution in [3.63, 3.8) is 0 Å². The highest BCUT2D eigenvalue weighted by molar-refractivity contribution is 7.10. The molecule has 0 aliphatic rings. The first-order valence-electron chi connectivity index (χ1n) is 3.24. The van der Waals surface area contributed by atoms with Crippen LogP contribution in [-0.4, -0.2) is 6.54 Å². The average molecular weight is 156 g/mol. The first-order chi connectivity index (χ1) is 4.74. The fraction of sp³-hybridized carbons (Fsp3) is 0.429. The summed E-state index contributed by atoms with van der Waals surface area (Å²) < 4.78 is 0. The van der Waals surface area contributed by atoms with Crippen molar-refractivity contribution in [2.45, 2.75) is 13.0 Å². The first kappa shape index (κ1) is 7.72. The molecule has 1 aromatic heterocycles. The summed E-state index contributed by atoms with van der Waals surface area (Å²) >= 11 is 1.68. The maximum absolute atomic E-state index is 5.69. The summed E-state index contributed by atoms with van der Waals surface area (Å²) in [5.74, 6) is 0. The van der Waals surface area contributed by atoms with Gasteiger partial charge < -0.3 is 11.5 Å². The summed E-state index contributed by atoms with van der Waals surface area (Å²) in [6, 6.07) is 2.11. The minimum absolute atomic E-state index is 0.0266. The predicted octanol–water partition coefficient (Wildman–Crippen LogP) is 1.02. The van der Waals surface area contributed by atoms with E-state index >= 15 is 0 Å². The van der Waals surface area contributed by atoms with Gasteiger partial charge in [0, 0.05) is 11.4 Å². The van der Waals surface area contributed by atoms with E-state index in [1.807, 2.05) is 0 Å². The molecular formula is C7H12N2S. The maximum Gasteiger partial charge on any atom is 0.0514 e. The van der Waals surface area contributed by atoms with Crippen molar-refractivity contribution >= 4 is 11.3 Å². The van der Waals surface area contributed by atoms with Crippen molar-refractivity contribution in [3.8, 4) is 0 Å². The molecule has 3 heteroatoms. The Morgan fingerprint density at radius 2 is 2.40 bits per heavy atom. The molecule has 1 heterocycles. The van der Waals surface area contributed by atoms with E-state index in [2.05, 4.69) is 18.4 Å². The van der Waals surface area contributed by atoms with Gasteiger partial charge in [-0.25, -0.2) is 0 Å². The largest absolute Gasteiger partial charge is 0.329 e. The molecule has 0 amide bonds. The van der Waals surface area contributed by atoms with Crippen LogP contribution in [-0.2, 0) is 0 Å². The van der Waals surface area contributed by atoms with Crippen LogP contribution in [0.1, 0.15) is 16.5 Å². The molecule has 0 aliphatic carbocycles. The Kier molecular flexibility index (Phi) is 2.43. The first-order valence-corrected chi connectivity index (χ1v) is 4.12. The molecule has 0 radical (unpaired) electrons. The molecule has 4 N–H and O–H groups in total. The Balaban J connectivity index is 2.74. The standard InChI is InChI=1S/C7H12N2S/c1-5-2-7(10-4-5)6(9)3-8/h2,4,6H,3,8-9H2,1H3/t6-/m1/s1. The molecule has 10 heavy (non-hydrogen) atoms. The van der Waals surface area contributed by atoms with Crippen LogP contribution in [0.3, 0.4) is 0 Å². The lowest BCUT2D eigenvalue weighted by Gasteiger charge is -2.03. The quantitative estimate of drug-likeness (QED) is 0.671. The lowest BCUT2D eigenvalue weighted by Crippen LogP contribution is -2.19. The fourth-order valence-electron chi connectivity index (χ4n) is 0.764. The molecule has 0 saturated carbocycles. The van der Waals surface area contributed by atoms with Crippen LogP contribution < -0.4 is 11.5 Å². The third kappa shape index (κ3) is 1.56. The van der Waals surface area contributed by atoms with Gasteiger partial charge in [0.25, 0.3) is 0 Å². The van der Waals surface area contributed by atoms with E-state index < -0.39 is 0 Å². The molecule has 0 unspecified atom stereocenters. The van der Waals surface area contributed by atoms with Crippen molar-refractivity contribution in [1.82, 2.24) is 0 Å². The van der Waals surface area contributed by atoms with Crippen molar-refractivity contribution in [1.29, 1.82) is 0 Å². The fourth-order valence-corrected chi connectivity index (χ4v) is 1.68. The number of thiophene rings is 1. The molecule has 56 valence electrons. The lowest BCUT2D eigenvalue weighted by atomic mass is 10.2. The number of nitrogens with two attached hydrogens (primary N) is 2. The van der Waals surface area contributed by atoms with Crippen molar-refractivity contribution in [2.24, 2.45) is 11.5 Å². The molecule has 1 rings (SSSR count). The van der Waals surface area contributed by atoms with E-state index in [9.17, 15) is 0 Å². The monoisotopic (exact) mass is 156 g/mol. The second-order valence-electron chi connectivity index (χ2n) is 2.37. The van der Waals surface area contributed by atoms with E-state index in [-0.39, 0.29) is 6.04 Å². The maximum atomic E-state index is 5.69. The van der Waals surface area contributed by atoms with Gasteiger partial charge in [-0.1, -0.05) is 0 Å². The van der Waals surface area contributed by atoms with Gasteiger partial charge >= 0.3 is 0 Å². The minimum Gasteiger partial charge on any atom is -0.329 e. The van der Waals surface area contributed by atoms with Crippen molar-refractivity contribution < 1.29 is 0 Å². The minimum atomic E-state index is 0.0266. The zero-order chi connectivity index (χ0) is 7.56. The van der Waals surface area contributed by atoms with Crippen molar-refractivity contribution in [2.75, 3.05) is 6.54 Å². The van der Waals surface area contributed by atoms with Crippen LogP contribution in [0.4, 0.5) is 0 Å². The molecule has 1 atom stereocenters. The Morgan fingerprint density at radius 1 is 1.70 bits per heavy atom. The van der Waals surface area contributed by atoms with E-state index in [4.69, 9.17) is 11.5 Å². The summed E-state index contributed by atoms with van der Waals surface area (Å²) in [5.41, 5.74) is 12.4. The van der Waals surface area contributed by atoms with E-state index in [1.54, 1.807) is 11.3 Å². The van der Waals surface area contributed by atoms with E-state index in [1.165, 1.54) is 10.4 Å². The smallest absolute Gasteiger partial charge is 0.0514 e. The zero-order valence-electron chi connectivity index (χ0n) is 6.00. The molecule has 0 saturated heterocycles. The molecule has 2 nitrogen and oxygen atoms in total. The Morgan fingerprint density at radius 3 is 2.80 bits per heavy atom. The second kappa shape index (κ2) is 3.14. The highest BCUT2D eigenvalue weighted by Crippen LogP contribution is 2.18. The van der Waals surface area contributed by atoms with Crippen LogP contribution in [0.5, 0.6) is 0 Å². The highest BCUT2D eigenvalue weighted by Gasteiger charge is 2.04. The average Bonchev–Trinajstić information content (AvgIpc) is 2.34.